The summed E-state index contributed by atoms with van der Waals surface area (Å²) in [6, 6.07) is 4.09. The van der Waals surface area contributed by atoms with Gasteiger partial charge in [-0.1, -0.05) is 0 Å². The van der Waals surface area contributed by atoms with Gasteiger partial charge in [-0.2, -0.15) is 0 Å². The van der Waals surface area contributed by atoms with E-state index in [1.165, 1.54) is 22.5 Å². The smallest absolute Gasteiger partial charge is 0.265 e. The van der Waals surface area contributed by atoms with Crippen molar-refractivity contribution in [2.45, 2.75) is 30.8 Å². The summed E-state index contributed by atoms with van der Waals surface area (Å²) in [6.07, 6.45) is 0.998. The van der Waals surface area contributed by atoms with Crippen molar-refractivity contribution in [2.75, 3.05) is 30.7 Å². The van der Waals surface area contributed by atoms with Gasteiger partial charge in [0.1, 0.15) is 5.75 Å². The SMILES string of the molecule is CC1Oc2ccc(S(=O)(=O)NCCS(=O)(=O)N3CCCC3)cc2NC1=O. The third-order valence-electron chi connectivity index (χ3n) is 4.30. The maximum absolute atomic E-state index is 12.4. The molecule has 1 unspecified atom stereocenters. The van der Waals surface area contributed by atoms with Gasteiger partial charge in [0.25, 0.3) is 5.91 Å². The van der Waals surface area contributed by atoms with Crippen molar-refractivity contribution < 1.29 is 26.4 Å². The van der Waals surface area contributed by atoms with Crippen molar-refractivity contribution in [2.24, 2.45) is 0 Å². The van der Waals surface area contributed by atoms with Gasteiger partial charge in [-0.3, -0.25) is 4.79 Å². The molecule has 2 aliphatic rings. The number of ether oxygens (including phenoxy) is 1. The van der Waals surface area contributed by atoms with Crippen molar-refractivity contribution >= 4 is 31.6 Å². The number of carbonyl (C=O) groups excluding carboxylic acids is 1. The topological polar surface area (TPSA) is 122 Å². The number of anilines is 1. The molecule has 11 heteroatoms. The van der Waals surface area contributed by atoms with Gasteiger partial charge < -0.3 is 10.1 Å². The minimum Gasteiger partial charge on any atom is -0.479 e. The highest BCUT2D eigenvalue weighted by molar-refractivity contribution is 7.90. The largest absolute Gasteiger partial charge is 0.479 e. The Morgan fingerprint density at radius 3 is 2.62 bits per heavy atom. The minimum absolute atomic E-state index is 0.0757. The van der Waals surface area contributed by atoms with Crippen LogP contribution in [-0.2, 0) is 24.8 Å². The zero-order chi connectivity index (χ0) is 18.9. The molecular weight excluding hydrogens is 382 g/mol. The average Bonchev–Trinajstić information content (AvgIpc) is 3.10. The monoisotopic (exact) mass is 403 g/mol. The van der Waals surface area contributed by atoms with E-state index in [9.17, 15) is 21.6 Å². The fourth-order valence-corrected chi connectivity index (χ4v) is 5.46. The molecule has 0 saturated carbocycles. The number of amides is 1. The number of fused-ring (bicyclic) bond motifs is 1. The Morgan fingerprint density at radius 2 is 1.92 bits per heavy atom. The molecule has 0 spiro atoms. The maximum atomic E-state index is 12.4. The molecule has 1 fully saturated rings. The lowest BCUT2D eigenvalue weighted by atomic mass is 10.2. The van der Waals surface area contributed by atoms with Crippen LogP contribution in [0.5, 0.6) is 5.75 Å². The number of sulfonamides is 2. The maximum Gasteiger partial charge on any atom is 0.265 e. The molecule has 1 amide bonds. The van der Waals surface area contributed by atoms with E-state index >= 15 is 0 Å². The number of hydrogen-bond acceptors (Lipinski definition) is 6. The number of rotatable bonds is 6. The first-order chi connectivity index (χ1) is 12.2. The Bertz CT molecular complexity index is 907. The van der Waals surface area contributed by atoms with Gasteiger partial charge in [0, 0.05) is 19.6 Å². The predicted octanol–water partition coefficient (Wildman–Crippen LogP) is 0.110. The van der Waals surface area contributed by atoms with Crippen LogP contribution in [0.2, 0.25) is 0 Å². The first-order valence-electron chi connectivity index (χ1n) is 8.28. The van der Waals surface area contributed by atoms with Crippen LogP contribution in [0.4, 0.5) is 5.69 Å². The fraction of sp³-hybridized carbons (Fsp3) is 0.533. The van der Waals surface area contributed by atoms with Crippen LogP contribution >= 0.6 is 0 Å². The molecule has 2 N–H and O–H groups in total. The second-order valence-electron chi connectivity index (χ2n) is 6.23. The van der Waals surface area contributed by atoms with Crippen LogP contribution in [0.25, 0.3) is 0 Å². The van der Waals surface area contributed by atoms with E-state index in [0.29, 0.717) is 18.8 Å². The number of hydrogen-bond donors (Lipinski definition) is 2. The molecular formula is C15H21N3O6S2. The van der Waals surface area contributed by atoms with Gasteiger partial charge in [-0.05, 0) is 38.0 Å². The zero-order valence-electron chi connectivity index (χ0n) is 14.3. The Kier molecular flexibility index (Phi) is 5.24. The summed E-state index contributed by atoms with van der Waals surface area (Å²) in [7, 11) is -7.37. The van der Waals surface area contributed by atoms with E-state index in [1.807, 2.05) is 0 Å². The minimum atomic E-state index is -3.91. The standard InChI is InChI=1S/C15H21N3O6S2/c1-11-15(19)17-13-10-12(4-5-14(13)24-11)26(22,23)16-6-9-25(20,21)18-7-2-3-8-18/h4-5,10-11,16H,2-3,6-9H2,1H3,(H,17,19). The van der Waals surface area contributed by atoms with Crippen LogP contribution in [-0.4, -0.2) is 58.5 Å². The number of nitrogens with one attached hydrogen (secondary N) is 2. The van der Waals surface area contributed by atoms with Gasteiger partial charge in [0.15, 0.2) is 6.10 Å². The molecule has 1 saturated heterocycles. The molecule has 1 aromatic carbocycles. The van der Waals surface area contributed by atoms with Crippen LogP contribution in [0.1, 0.15) is 19.8 Å². The molecule has 26 heavy (non-hydrogen) atoms. The molecule has 2 aliphatic heterocycles. The van der Waals surface area contributed by atoms with Crippen molar-refractivity contribution in [3.05, 3.63) is 18.2 Å². The molecule has 0 radical (unpaired) electrons. The molecule has 0 aromatic heterocycles. The lowest BCUT2D eigenvalue weighted by Crippen LogP contribution is -2.36. The lowest BCUT2D eigenvalue weighted by Gasteiger charge is -2.23. The highest BCUT2D eigenvalue weighted by atomic mass is 32.2. The van der Waals surface area contributed by atoms with E-state index in [-0.39, 0.29) is 28.8 Å². The van der Waals surface area contributed by atoms with E-state index in [0.717, 1.165) is 12.8 Å². The Morgan fingerprint density at radius 1 is 1.23 bits per heavy atom. The van der Waals surface area contributed by atoms with Crippen molar-refractivity contribution in [1.82, 2.24) is 9.03 Å². The zero-order valence-corrected chi connectivity index (χ0v) is 15.9. The normalized spacial score (nSPS) is 21.1. The predicted molar refractivity (Wildman–Crippen MR) is 94.9 cm³/mol. The van der Waals surface area contributed by atoms with E-state index in [1.54, 1.807) is 6.92 Å². The number of carbonyl (C=O) groups is 1. The summed E-state index contributed by atoms with van der Waals surface area (Å²) in [4.78, 5) is 11.6. The summed E-state index contributed by atoms with van der Waals surface area (Å²) < 4.78 is 58.1. The lowest BCUT2D eigenvalue weighted by molar-refractivity contribution is -0.122. The first-order valence-corrected chi connectivity index (χ1v) is 11.4. The molecule has 144 valence electrons. The fourth-order valence-electron chi connectivity index (χ4n) is 2.84. The third kappa shape index (κ3) is 4.00. The van der Waals surface area contributed by atoms with Crippen LogP contribution in [0, 0.1) is 0 Å². The van der Waals surface area contributed by atoms with Gasteiger partial charge >= 0.3 is 0 Å². The van der Waals surface area contributed by atoms with Crippen LogP contribution in [0.15, 0.2) is 23.1 Å². The van der Waals surface area contributed by atoms with Crippen molar-refractivity contribution in [3.63, 3.8) is 0 Å². The van der Waals surface area contributed by atoms with E-state index in [4.69, 9.17) is 4.74 Å². The van der Waals surface area contributed by atoms with Crippen molar-refractivity contribution in [1.29, 1.82) is 0 Å². The molecule has 3 rings (SSSR count). The Balaban J connectivity index is 1.67. The number of nitrogens with zero attached hydrogens (tertiary/aromatic N) is 1. The first kappa shape index (κ1) is 19.1. The average molecular weight is 403 g/mol. The molecule has 0 bridgehead atoms. The second kappa shape index (κ2) is 7.14. The van der Waals surface area contributed by atoms with Crippen LogP contribution < -0.4 is 14.8 Å². The quantitative estimate of drug-likeness (QED) is 0.695. The van der Waals surface area contributed by atoms with Gasteiger partial charge in [0.2, 0.25) is 20.0 Å². The Labute approximate surface area is 152 Å². The summed E-state index contributed by atoms with van der Waals surface area (Å²) >= 11 is 0. The van der Waals surface area contributed by atoms with Crippen LogP contribution in [0.3, 0.4) is 0 Å². The number of benzene rings is 1. The van der Waals surface area contributed by atoms with Gasteiger partial charge in [0.05, 0.1) is 16.3 Å². The highest BCUT2D eigenvalue weighted by Gasteiger charge is 2.27. The molecule has 1 aromatic rings. The molecule has 9 nitrogen and oxygen atoms in total. The highest BCUT2D eigenvalue weighted by Crippen LogP contribution is 2.31. The van der Waals surface area contributed by atoms with Gasteiger partial charge in [-0.25, -0.2) is 25.9 Å². The second-order valence-corrected chi connectivity index (χ2v) is 10.1. The molecule has 2 heterocycles. The van der Waals surface area contributed by atoms with Crippen molar-refractivity contribution in [3.8, 4) is 5.75 Å². The third-order valence-corrected chi connectivity index (χ3v) is 7.63. The molecule has 0 aliphatic carbocycles. The van der Waals surface area contributed by atoms with E-state index < -0.39 is 26.2 Å². The Hall–Kier alpha value is -1.69. The summed E-state index contributed by atoms with van der Waals surface area (Å²) in [5, 5.41) is 2.58. The summed E-state index contributed by atoms with van der Waals surface area (Å²) in [5.41, 5.74) is 0.265. The van der Waals surface area contributed by atoms with E-state index in [2.05, 4.69) is 10.0 Å². The summed E-state index contributed by atoms with van der Waals surface area (Å²) in [6.45, 7) is 2.33. The summed E-state index contributed by atoms with van der Waals surface area (Å²) in [5.74, 6) is -0.279. The molecule has 1 atom stereocenters. The van der Waals surface area contributed by atoms with Gasteiger partial charge in [-0.15, -0.1) is 0 Å².